The van der Waals surface area contributed by atoms with Crippen molar-refractivity contribution in [2.75, 3.05) is 20.2 Å². The molecule has 0 spiro atoms. The number of hydrogen-bond acceptors (Lipinski definition) is 5. The van der Waals surface area contributed by atoms with E-state index in [1.807, 2.05) is 12.1 Å². The molecule has 1 aromatic carbocycles. The number of ether oxygens (including phenoxy) is 2. The van der Waals surface area contributed by atoms with E-state index in [1.54, 1.807) is 13.4 Å². The predicted octanol–water partition coefficient (Wildman–Crippen LogP) is 2.93. The summed E-state index contributed by atoms with van der Waals surface area (Å²) < 4.78 is 13.7. The maximum Gasteiger partial charge on any atom is 0.191 e. The molecule has 0 unspecified atom stereocenters. The molecule has 1 heterocycles. The Morgan fingerprint density at radius 3 is 2.77 bits per heavy atom. The first-order valence-corrected chi connectivity index (χ1v) is 11.0. The zero-order chi connectivity index (χ0) is 21.2. The summed E-state index contributed by atoms with van der Waals surface area (Å²) in [6.45, 7) is 7.04. The second-order valence-electron chi connectivity index (χ2n) is 7.43. The Morgan fingerprint density at radius 1 is 1.20 bits per heavy atom. The molecule has 0 atom stereocenters. The third-order valence-corrected chi connectivity index (χ3v) is 5.24. The van der Waals surface area contributed by atoms with Gasteiger partial charge in [-0.3, -0.25) is 0 Å². The number of methoxy groups -OCH3 is 1. The molecule has 0 amide bonds. The lowest BCUT2D eigenvalue weighted by Gasteiger charge is -2.16. The van der Waals surface area contributed by atoms with Gasteiger partial charge < -0.3 is 24.7 Å². The van der Waals surface area contributed by atoms with E-state index in [1.165, 1.54) is 12.8 Å². The molecule has 8 heteroatoms. The average molecular weight is 415 g/mol. The van der Waals surface area contributed by atoms with Crippen LogP contribution in [0.2, 0.25) is 0 Å². The highest BCUT2D eigenvalue weighted by Crippen LogP contribution is 2.32. The summed E-state index contributed by atoms with van der Waals surface area (Å²) in [7, 11) is 1.69. The van der Waals surface area contributed by atoms with Crippen LogP contribution in [0, 0.1) is 0 Å². The molecule has 30 heavy (non-hydrogen) atoms. The van der Waals surface area contributed by atoms with Crippen molar-refractivity contribution in [1.82, 2.24) is 25.4 Å². The summed E-state index contributed by atoms with van der Waals surface area (Å²) in [5.74, 6) is 3.37. The first kappa shape index (κ1) is 21.9. The van der Waals surface area contributed by atoms with E-state index in [0.717, 1.165) is 67.7 Å². The number of hydrogen-bond donors (Lipinski definition) is 2. The third kappa shape index (κ3) is 6.11. The van der Waals surface area contributed by atoms with Crippen molar-refractivity contribution in [2.45, 2.75) is 65.1 Å². The fourth-order valence-electron chi connectivity index (χ4n) is 3.64. The maximum atomic E-state index is 6.13. The number of nitrogens with one attached hydrogen (secondary N) is 2. The van der Waals surface area contributed by atoms with Crippen molar-refractivity contribution in [3.63, 3.8) is 0 Å². The van der Waals surface area contributed by atoms with Gasteiger partial charge in [0.1, 0.15) is 12.2 Å². The molecule has 1 aliphatic carbocycles. The van der Waals surface area contributed by atoms with Gasteiger partial charge in [-0.25, -0.2) is 4.99 Å². The van der Waals surface area contributed by atoms with Crippen LogP contribution in [-0.4, -0.2) is 47.0 Å². The minimum Gasteiger partial charge on any atom is -0.493 e. The van der Waals surface area contributed by atoms with Crippen LogP contribution in [0.1, 0.15) is 50.9 Å². The number of benzene rings is 1. The van der Waals surface area contributed by atoms with E-state index in [9.17, 15) is 0 Å². The highest BCUT2D eigenvalue weighted by Gasteiger charge is 2.18. The standard InChI is InChI=1S/C22H34N6O2/c1-4-21-27-26-16-28(21)13-12-24-22(23-5-2)25-15-17-10-11-19(20(14-17)29-3)30-18-8-6-7-9-18/h10-11,14,16,18H,4-9,12-13,15H2,1-3H3,(H2,23,24,25). The summed E-state index contributed by atoms with van der Waals surface area (Å²) in [5, 5.41) is 14.8. The molecule has 8 nitrogen and oxygen atoms in total. The molecule has 0 bridgehead atoms. The van der Waals surface area contributed by atoms with Gasteiger partial charge in [-0.05, 0) is 50.3 Å². The topological polar surface area (TPSA) is 85.6 Å². The number of aromatic nitrogens is 3. The molecule has 1 saturated carbocycles. The minimum atomic E-state index is 0.311. The quantitative estimate of drug-likeness (QED) is 0.459. The van der Waals surface area contributed by atoms with Crippen LogP contribution in [0.15, 0.2) is 29.5 Å². The molecule has 0 saturated heterocycles. The van der Waals surface area contributed by atoms with Gasteiger partial charge in [0.15, 0.2) is 17.5 Å². The summed E-state index contributed by atoms with van der Waals surface area (Å²) in [6.07, 6.45) is 7.70. The normalized spacial score (nSPS) is 14.7. The van der Waals surface area contributed by atoms with Crippen LogP contribution in [-0.2, 0) is 19.5 Å². The van der Waals surface area contributed by atoms with Crippen LogP contribution in [0.3, 0.4) is 0 Å². The van der Waals surface area contributed by atoms with E-state index in [4.69, 9.17) is 14.5 Å². The number of guanidine groups is 1. The lowest BCUT2D eigenvalue weighted by Crippen LogP contribution is -2.38. The van der Waals surface area contributed by atoms with Crippen LogP contribution in [0.25, 0.3) is 0 Å². The SMILES string of the molecule is CCNC(=NCc1ccc(OC2CCCC2)c(OC)c1)NCCn1cnnc1CC. The van der Waals surface area contributed by atoms with Crippen LogP contribution in [0.5, 0.6) is 11.5 Å². The van der Waals surface area contributed by atoms with Crippen LogP contribution >= 0.6 is 0 Å². The molecular formula is C22H34N6O2. The molecule has 1 fully saturated rings. The Hall–Kier alpha value is -2.77. The Kier molecular flexibility index (Phi) is 8.35. The van der Waals surface area contributed by atoms with Crippen molar-refractivity contribution in [1.29, 1.82) is 0 Å². The van der Waals surface area contributed by atoms with Gasteiger partial charge in [-0.15, -0.1) is 10.2 Å². The predicted molar refractivity (Wildman–Crippen MR) is 118 cm³/mol. The molecule has 0 radical (unpaired) electrons. The van der Waals surface area contributed by atoms with Gasteiger partial charge >= 0.3 is 0 Å². The molecule has 2 aromatic rings. The maximum absolute atomic E-state index is 6.13. The Labute approximate surface area is 179 Å². The molecule has 2 N–H and O–H groups in total. The highest BCUT2D eigenvalue weighted by molar-refractivity contribution is 5.79. The van der Waals surface area contributed by atoms with Crippen molar-refractivity contribution in [3.8, 4) is 11.5 Å². The highest BCUT2D eigenvalue weighted by atomic mass is 16.5. The van der Waals surface area contributed by atoms with Gasteiger partial charge in [0.05, 0.1) is 19.8 Å². The zero-order valence-corrected chi connectivity index (χ0v) is 18.4. The molecule has 1 aliphatic rings. The second kappa shape index (κ2) is 11.4. The van der Waals surface area contributed by atoms with Crippen LogP contribution in [0.4, 0.5) is 0 Å². The number of nitrogens with zero attached hydrogens (tertiary/aromatic N) is 4. The average Bonchev–Trinajstić information content (AvgIpc) is 3.44. The first-order chi connectivity index (χ1) is 14.7. The number of aliphatic imine (C=N–C) groups is 1. The molecule has 3 rings (SSSR count). The Bertz CT molecular complexity index is 814. The zero-order valence-electron chi connectivity index (χ0n) is 18.4. The Morgan fingerprint density at radius 2 is 2.03 bits per heavy atom. The summed E-state index contributed by atoms with van der Waals surface area (Å²) in [5.41, 5.74) is 1.08. The lowest BCUT2D eigenvalue weighted by atomic mass is 10.2. The third-order valence-electron chi connectivity index (χ3n) is 5.24. The smallest absolute Gasteiger partial charge is 0.191 e. The molecule has 1 aromatic heterocycles. The van der Waals surface area contributed by atoms with Crippen LogP contribution < -0.4 is 20.1 Å². The van der Waals surface area contributed by atoms with Gasteiger partial charge in [0.2, 0.25) is 0 Å². The summed E-state index contributed by atoms with van der Waals surface area (Å²) in [6, 6.07) is 6.08. The van der Waals surface area contributed by atoms with E-state index in [0.29, 0.717) is 12.6 Å². The molecule has 0 aliphatic heterocycles. The van der Waals surface area contributed by atoms with Gasteiger partial charge in [-0.1, -0.05) is 13.0 Å². The molecular weight excluding hydrogens is 380 g/mol. The number of aryl methyl sites for hydroxylation is 1. The Balaban J connectivity index is 1.57. The molecule has 164 valence electrons. The summed E-state index contributed by atoms with van der Waals surface area (Å²) >= 11 is 0. The fourth-order valence-corrected chi connectivity index (χ4v) is 3.64. The minimum absolute atomic E-state index is 0.311. The van der Waals surface area contributed by atoms with Gasteiger partial charge in [-0.2, -0.15) is 0 Å². The van der Waals surface area contributed by atoms with E-state index in [-0.39, 0.29) is 0 Å². The van der Waals surface area contributed by atoms with Gasteiger partial charge in [0.25, 0.3) is 0 Å². The van der Waals surface area contributed by atoms with Crippen molar-refractivity contribution < 1.29 is 9.47 Å². The van der Waals surface area contributed by atoms with Gasteiger partial charge in [0, 0.05) is 26.1 Å². The fraction of sp³-hybridized carbons (Fsp3) is 0.591. The van der Waals surface area contributed by atoms with E-state index >= 15 is 0 Å². The van der Waals surface area contributed by atoms with Crippen molar-refractivity contribution >= 4 is 5.96 Å². The van der Waals surface area contributed by atoms with Crippen molar-refractivity contribution in [2.24, 2.45) is 4.99 Å². The van der Waals surface area contributed by atoms with E-state index < -0.39 is 0 Å². The largest absolute Gasteiger partial charge is 0.493 e. The number of rotatable bonds is 10. The van der Waals surface area contributed by atoms with E-state index in [2.05, 4.69) is 45.3 Å². The van der Waals surface area contributed by atoms with Crippen molar-refractivity contribution in [3.05, 3.63) is 35.9 Å². The monoisotopic (exact) mass is 414 g/mol. The first-order valence-electron chi connectivity index (χ1n) is 11.0. The second-order valence-corrected chi connectivity index (χ2v) is 7.43. The lowest BCUT2D eigenvalue weighted by molar-refractivity contribution is 0.200. The summed E-state index contributed by atoms with van der Waals surface area (Å²) in [4.78, 5) is 4.71.